The van der Waals surface area contributed by atoms with Gasteiger partial charge in [0.2, 0.25) is 0 Å². The second-order valence-corrected chi connectivity index (χ2v) is 8.68. The van der Waals surface area contributed by atoms with Crippen molar-refractivity contribution in [2.24, 2.45) is 0 Å². The van der Waals surface area contributed by atoms with Crippen molar-refractivity contribution in [3.8, 4) is 5.75 Å². The number of phenols is 1. The molecule has 0 aliphatic heterocycles. The van der Waals surface area contributed by atoms with Crippen LogP contribution < -0.4 is 0 Å². The molecule has 1 aromatic carbocycles. The average Bonchev–Trinajstić information content (AvgIpc) is 2.55. The fourth-order valence-corrected chi connectivity index (χ4v) is 3.69. The van der Waals surface area contributed by atoms with Gasteiger partial charge in [0.05, 0.1) is 15.5 Å². The summed E-state index contributed by atoms with van der Waals surface area (Å²) < 4.78 is 59.1. The van der Waals surface area contributed by atoms with E-state index in [0.29, 0.717) is 0 Å². The number of aromatic nitrogens is 1. The summed E-state index contributed by atoms with van der Waals surface area (Å²) in [5.41, 5.74) is -0.480. The minimum absolute atomic E-state index is 0.158. The second kappa shape index (κ2) is 6.89. The third kappa shape index (κ3) is 4.20. The Morgan fingerprint density at radius 3 is 2.48 bits per heavy atom. The Morgan fingerprint density at radius 2 is 1.88 bits per heavy atom. The third-order valence-corrected chi connectivity index (χ3v) is 6.01. The van der Waals surface area contributed by atoms with Gasteiger partial charge in [-0.2, -0.15) is 8.42 Å². The van der Waals surface area contributed by atoms with E-state index < -0.39 is 42.9 Å². The van der Waals surface area contributed by atoms with Gasteiger partial charge in [-0.05, 0) is 30.3 Å². The molecule has 2 rings (SSSR count). The van der Waals surface area contributed by atoms with E-state index in [2.05, 4.69) is 4.98 Å². The molecule has 1 heterocycles. The fraction of sp³-hybridized carbons (Fsp3) is 0.200. The number of hydrogen-bond donors (Lipinski definition) is 1. The predicted molar refractivity (Wildman–Crippen MR) is 86.4 cm³/mol. The van der Waals surface area contributed by atoms with Crippen LogP contribution in [0.2, 0.25) is 0 Å². The lowest BCUT2D eigenvalue weighted by Crippen LogP contribution is -2.14. The van der Waals surface area contributed by atoms with E-state index in [1.54, 1.807) is 0 Å². The highest BCUT2D eigenvalue weighted by atomic mass is 32.3. The molecule has 0 atom stereocenters. The zero-order valence-electron chi connectivity index (χ0n) is 13.0. The molecule has 1 aromatic heterocycles. The number of Topliss-reactive ketones (excluding diaryl/α,β-unsaturated/α-hetero) is 1. The van der Waals surface area contributed by atoms with Crippen LogP contribution in [0.1, 0.15) is 23.0 Å². The van der Waals surface area contributed by atoms with Gasteiger partial charge < -0.3 is 5.11 Å². The van der Waals surface area contributed by atoms with Gasteiger partial charge >= 0.3 is 10.2 Å². The first-order chi connectivity index (χ1) is 11.6. The van der Waals surface area contributed by atoms with E-state index in [9.17, 15) is 30.6 Å². The van der Waals surface area contributed by atoms with Gasteiger partial charge in [-0.15, -0.1) is 3.89 Å². The first kappa shape index (κ1) is 19.0. The molecule has 0 unspecified atom stereocenters. The number of benzene rings is 1. The summed E-state index contributed by atoms with van der Waals surface area (Å²) >= 11 is 0. The van der Waals surface area contributed by atoms with Crippen LogP contribution >= 0.6 is 0 Å². The molecular formula is C15H14FNO6S2. The number of phenolic OH excluding ortho intramolecular Hbond substituents is 1. The van der Waals surface area contributed by atoms with Gasteiger partial charge in [-0.25, -0.2) is 8.42 Å². The van der Waals surface area contributed by atoms with Crippen LogP contribution in [0.25, 0.3) is 0 Å². The lowest BCUT2D eigenvalue weighted by atomic mass is 10.1. The normalized spacial score (nSPS) is 12.1. The van der Waals surface area contributed by atoms with E-state index in [1.807, 2.05) is 0 Å². The van der Waals surface area contributed by atoms with E-state index in [1.165, 1.54) is 25.3 Å². The first-order valence-electron chi connectivity index (χ1n) is 7.04. The summed E-state index contributed by atoms with van der Waals surface area (Å²) in [6.07, 6.45) is 0.697. The van der Waals surface area contributed by atoms with Crippen LogP contribution in [-0.2, 0) is 26.5 Å². The standard InChI is InChI=1S/C15H14FNO6S2/c1-2-24(20,21)14-4-3-7-17-15(14)13(19)9-10-8-11(25(16,22)23)5-6-12(10)18/h3-8,18H,2,9H2,1H3. The molecule has 0 bridgehead atoms. The molecule has 0 saturated carbocycles. The third-order valence-electron chi connectivity index (χ3n) is 3.43. The Bertz CT molecular complexity index is 1030. The Kier molecular flexibility index (Phi) is 5.23. The summed E-state index contributed by atoms with van der Waals surface area (Å²) in [4.78, 5) is 15.3. The summed E-state index contributed by atoms with van der Waals surface area (Å²) in [6, 6.07) is 5.22. The van der Waals surface area contributed by atoms with Crippen molar-refractivity contribution >= 4 is 25.8 Å². The number of sulfone groups is 1. The van der Waals surface area contributed by atoms with Gasteiger partial charge in [0.15, 0.2) is 15.6 Å². The number of rotatable bonds is 6. The second-order valence-electron chi connectivity index (χ2n) is 5.08. The molecule has 134 valence electrons. The van der Waals surface area contributed by atoms with Gasteiger partial charge in [-0.3, -0.25) is 9.78 Å². The van der Waals surface area contributed by atoms with E-state index in [4.69, 9.17) is 0 Å². The molecule has 0 radical (unpaired) electrons. The number of ketones is 1. The van der Waals surface area contributed by atoms with Crippen molar-refractivity contribution in [3.05, 3.63) is 47.8 Å². The molecule has 0 aliphatic carbocycles. The Hall–Kier alpha value is -2.33. The summed E-state index contributed by atoms with van der Waals surface area (Å²) in [6.45, 7) is 1.41. The van der Waals surface area contributed by atoms with Crippen molar-refractivity contribution in [1.82, 2.24) is 4.98 Å². The maximum absolute atomic E-state index is 13.1. The molecule has 0 amide bonds. The number of aromatic hydroxyl groups is 1. The molecule has 0 aliphatic rings. The number of halogens is 1. The van der Waals surface area contributed by atoms with E-state index >= 15 is 0 Å². The van der Waals surface area contributed by atoms with Crippen LogP contribution in [0, 0.1) is 0 Å². The number of nitrogens with zero attached hydrogens (tertiary/aromatic N) is 1. The Balaban J connectivity index is 2.46. The highest BCUT2D eigenvalue weighted by Crippen LogP contribution is 2.25. The molecule has 0 fully saturated rings. The van der Waals surface area contributed by atoms with Crippen LogP contribution in [0.3, 0.4) is 0 Å². The number of hydrogen-bond acceptors (Lipinski definition) is 7. The topological polar surface area (TPSA) is 118 Å². The van der Waals surface area contributed by atoms with Gasteiger partial charge in [0.1, 0.15) is 11.4 Å². The maximum atomic E-state index is 13.1. The summed E-state index contributed by atoms with van der Waals surface area (Å²) in [5.74, 6) is -1.41. The smallest absolute Gasteiger partial charge is 0.332 e. The highest BCUT2D eigenvalue weighted by molar-refractivity contribution is 7.91. The van der Waals surface area contributed by atoms with E-state index in [0.717, 1.165) is 18.2 Å². The molecule has 1 N–H and O–H groups in total. The van der Waals surface area contributed by atoms with Crippen LogP contribution in [0.5, 0.6) is 5.75 Å². The van der Waals surface area contributed by atoms with Gasteiger partial charge in [-0.1, -0.05) is 6.92 Å². The molecule has 2 aromatic rings. The van der Waals surface area contributed by atoms with Crippen molar-refractivity contribution in [2.45, 2.75) is 23.1 Å². The number of pyridine rings is 1. The predicted octanol–water partition coefficient (Wildman–Crippen LogP) is 1.66. The van der Waals surface area contributed by atoms with Crippen molar-refractivity contribution in [3.63, 3.8) is 0 Å². The van der Waals surface area contributed by atoms with Gasteiger partial charge in [0.25, 0.3) is 0 Å². The molecule has 0 spiro atoms. The molecule has 0 saturated heterocycles. The zero-order chi connectivity index (χ0) is 18.8. The van der Waals surface area contributed by atoms with E-state index in [-0.39, 0.29) is 21.9 Å². The average molecular weight is 387 g/mol. The maximum Gasteiger partial charge on any atom is 0.332 e. The largest absolute Gasteiger partial charge is 0.508 e. The summed E-state index contributed by atoms with van der Waals surface area (Å²) in [5, 5.41) is 9.76. The fourth-order valence-electron chi connectivity index (χ4n) is 2.12. The SMILES string of the molecule is CCS(=O)(=O)c1cccnc1C(=O)Cc1cc(S(=O)(=O)F)ccc1O. The quantitative estimate of drug-likeness (QED) is 0.591. The van der Waals surface area contributed by atoms with Crippen LogP contribution in [0.4, 0.5) is 3.89 Å². The first-order valence-corrected chi connectivity index (χ1v) is 10.1. The monoisotopic (exact) mass is 387 g/mol. The number of carbonyl (C=O) groups is 1. The summed E-state index contributed by atoms with van der Waals surface area (Å²) in [7, 11) is -8.72. The van der Waals surface area contributed by atoms with Gasteiger partial charge in [0, 0.05) is 18.2 Å². The lowest BCUT2D eigenvalue weighted by molar-refractivity contribution is 0.0983. The van der Waals surface area contributed by atoms with Crippen molar-refractivity contribution in [2.75, 3.05) is 5.75 Å². The van der Waals surface area contributed by atoms with Crippen LogP contribution in [-0.4, -0.2) is 38.5 Å². The van der Waals surface area contributed by atoms with Crippen molar-refractivity contribution < 1.29 is 30.6 Å². The molecule has 10 heteroatoms. The lowest BCUT2D eigenvalue weighted by Gasteiger charge is -2.09. The molecule has 7 nitrogen and oxygen atoms in total. The molecule has 25 heavy (non-hydrogen) atoms. The zero-order valence-corrected chi connectivity index (χ0v) is 14.6. The van der Waals surface area contributed by atoms with Crippen molar-refractivity contribution in [1.29, 1.82) is 0 Å². The van der Waals surface area contributed by atoms with Crippen LogP contribution in [0.15, 0.2) is 46.3 Å². The minimum atomic E-state index is -5.01. The molecular weight excluding hydrogens is 373 g/mol. The Labute approximate surface area is 144 Å². The minimum Gasteiger partial charge on any atom is -0.508 e. The highest BCUT2D eigenvalue weighted by Gasteiger charge is 2.23. The number of carbonyl (C=O) groups excluding carboxylic acids is 1. The Morgan fingerprint density at radius 1 is 1.20 bits per heavy atom.